The number of ether oxygens (including phenoxy) is 1. The van der Waals surface area contributed by atoms with Gasteiger partial charge in [-0.25, -0.2) is 0 Å². The van der Waals surface area contributed by atoms with Crippen LogP contribution >= 0.6 is 0 Å². The number of carbonyl (C=O) groups excluding carboxylic acids is 2. The molecule has 2 fully saturated rings. The molecule has 25 heavy (non-hydrogen) atoms. The van der Waals surface area contributed by atoms with Crippen molar-refractivity contribution < 1.29 is 19.2 Å². The highest BCUT2D eigenvalue weighted by atomic mass is 16.5. The number of nitrogens with zero attached hydrogens (tertiary/aromatic N) is 2. The summed E-state index contributed by atoms with van der Waals surface area (Å²) in [6.45, 7) is 7.26. The van der Waals surface area contributed by atoms with E-state index in [1.807, 2.05) is 19.1 Å². The fraction of sp³-hybridized carbons (Fsp3) is 0.611. The summed E-state index contributed by atoms with van der Waals surface area (Å²) < 4.78 is 5.38. The van der Waals surface area contributed by atoms with Gasteiger partial charge in [0, 0.05) is 25.4 Å². The van der Waals surface area contributed by atoms with E-state index >= 15 is 0 Å². The lowest BCUT2D eigenvalue weighted by molar-refractivity contribution is -0.907. The van der Waals surface area contributed by atoms with E-state index in [0.29, 0.717) is 25.9 Å². The number of likely N-dealkylation sites (tertiary alicyclic amines) is 1. The second kappa shape index (κ2) is 7.93. The Labute approximate surface area is 148 Å². The first kappa shape index (κ1) is 17.8. The first-order valence-corrected chi connectivity index (χ1v) is 8.98. The lowest BCUT2D eigenvalue weighted by Crippen LogP contribution is -3.14. The topological polar surface area (TPSA) is 76.0 Å². The SMILES string of the molecule is CC1(C(=O)NCc2cccnc2)CCC(=O)N1CC[NH+]1CCOCC1. The van der Waals surface area contributed by atoms with Gasteiger partial charge in [0.2, 0.25) is 11.8 Å². The minimum absolute atomic E-state index is 0.0756. The summed E-state index contributed by atoms with van der Waals surface area (Å²) in [7, 11) is 0. The third-order valence-electron chi connectivity index (χ3n) is 5.28. The molecule has 2 aliphatic heterocycles. The second-order valence-corrected chi connectivity index (χ2v) is 6.98. The molecular weight excluding hydrogens is 320 g/mol. The van der Waals surface area contributed by atoms with Crippen molar-refractivity contribution in [1.29, 1.82) is 0 Å². The second-order valence-electron chi connectivity index (χ2n) is 6.98. The molecule has 0 aromatic carbocycles. The summed E-state index contributed by atoms with van der Waals surface area (Å²) in [5.74, 6) is -0.00846. The zero-order chi connectivity index (χ0) is 17.7. The van der Waals surface area contributed by atoms with Crippen molar-refractivity contribution in [3.05, 3.63) is 30.1 Å². The fourth-order valence-electron chi connectivity index (χ4n) is 3.56. The molecule has 1 aromatic rings. The third-order valence-corrected chi connectivity index (χ3v) is 5.28. The molecule has 7 heteroatoms. The van der Waals surface area contributed by atoms with Crippen LogP contribution in [-0.2, 0) is 20.9 Å². The number of amides is 2. The Kier molecular flexibility index (Phi) is 5.65. The minimum Gasteiger partial charge on any atom is -0.370 e. The van der Waals surface area contributed by atoms with Gasteiger partial charge in [-0.2, -0.15) is 0 Å². The largest absolute Gasteiger partial charge is 0.370 e. The van der Waals surface area contributed by atoms with E-state index in [4.69, 9.17) is 4.74 Å². The van der Waals surface area contributed by atoms with Crippen molar-refractivity contribution >= 4 is 11.8 Å². The first-order chi connectivity index (χ1) is 12.1. The van der Waals surface area contributed by atoms with E-state index in [1.165, 1.54) is 4.90 Å². The molecule has 0 spiro atoms. The van der Waals surface area contributed by atoms with Gasteiger partial charge in [-0.05, 0) is 25.0 Å². The Hall–Kier alpha value is -1.99. The van der Waals surface area contributed by atoms with Crippen molar-refractivity contribution in [2.24, 2.45) is 0 Å². The smallest absolute Gasteiger partial charge is 0.245 e. The van der Waals surface area contributed by atoms with Crippen molar-refractivity contribution in [2.45, 2.75) is 31.8 Å². The number of rotatable bonds is 6. The van der Waals surface area contributed by atoms with Gasteiger partial charge in [0.1, 0.15) is 18.6 Å². The Morgan fingerprint density at radius 2 is 2.24 bits per heavy atom. The monoisotopic (exact) mass is 347 g/mol. The molecule has 7 nitrogen and oxygen atoms in total. The van der Waals surface area contributed by atoms with Crippen molar-refractivity contribution in [3.8, 4) is 0 Å². The number of quaternary nitrogens is 1. The molecular formula is C18H27N4O3+. The summed E-state index contributed by atoms with van der Waals surface area (Å²) in [6, 6.07) is 3.77. The van der Waals surface area contributed by atoms with E-state index in [-0.39, 0.29) is 11.8 Å². The summed E-state index contributed by atoms with van der Waals surface area (Å²) in [4.78, 5) is 32.4. The van der Waals surface area contributed by atoms with Crippen LogP contribution in [0.5, 0.6) is 0 Å². The lowest BCUT2D eigenvalue weighted by atomic mass is 9.97. The first-order valence-electron chi connectivity index (χ1n) is 8.98. The molecule has 1 atom stereocenters. The van der Waals surface area contributed by atoms with Crippen LogP contribution < -0.4 is 10.2 Å². The highest BCUT2D eigenvalue weighted by molar-refractivity contribution is 5.94. The Morgan fingerprint density at radius 3 is 2.96 bits per heavy atom. The van der Waals surface area contributed by atoms with Crippen LogP contribution in [0.1, 0.15) is 25.3 Å². The molecule has 2 amide bonds. The van der Waals surface area contributed by atoms with Crippen LogP contribution in [0.25, 0.3) is 0 Å². The molecule has 1 unspecified atom stereocenters. The van der Waals surface area contributed by atoms with Crippen molar-refractivity contribution in [2.75, 3.05) is 39.4 Å². The number of nitrogens with one attached hydrogen (secondary N) is 2. The zero-order valence-corrected chi connectivity index (χ0v) is 14.8. The average Bonchev–Trinajstić information content (AvgIpc) is 2.95. The summed E-state index contributed by atoms with van der Waals surface area (Å²) in [5.41, 5.74) is 0.193. The molecule has 2 aliphatic rings. The molecule has 0 bridgehead atoms. The number of hydrogen-bond donors (Lipinski definition) is 2. The van der Waals surface area contributed by atoms with Gasteiger partial charge in [-0.15, -0.1) is 0 Å². The quantitative estimate of drug-likeness (QED) is 0.692. The average molecular weight is 347 g/mol. The lowest BCUT2D eigenvalue weighted by Gasteiger charge is -2.35. The number of morpholine rings is 1. The van der Waals surface area contributed by atoms with Crippen molar-refractivity contribution in [3.63, 3.8) is 0 Å². The highest BCUT2D eigenvalue weighted by Gasteiger charge is 2.47. The Morgan fingerprint density at radius 1 is 1.44 bits per heavy atom. The minimum atomic E-state index is -0.759. The van der Waals surface area contributed by atoms with Gasteiger partial charge in [0.25, 0.3) is 0 Å². The Bertz CT molecular complexity index is 604. The maximum atomic E-state index is 12.8. The number of aromatic nitrogens is 1. The van der Waals surface area contributed by atoms with Gasteiger partial charge in [-0.1, -0.05) is 6.07 Å². The maximum absolute atomic E-state index is 12.8. The molecule has 0 saturated carbocycles. The van der Waals surface area contributed by atoms with E-state index in [1.54, 1.807) is 17.3 Å². The maximum Gasteiger partial charge on any atom is 0.245 e. The van der Waals surface area contributed by atoms with Crippen LogP contribution in [0.4, 0.5) is 0 Å². The molecule has 2 saturated heterocycles. The van der Waals surface area contributed by atoms with Gasteiger partial charge in [-0.3, -0.25) is 14.6 Å². The number of carbonyl (C=O) groups is 2. The normalized spacial score (nSPS) is 24.5. The standard InChI is InChI=1S/C18H26N4O3/c1-18(17(24)20-14-15-3-2-6-19-13-15)5-4-16(23)22(18)8-7-21-9-11-25-12-10-21/h2-3,6,13H,4-5,7-12,14H2,1H3,(H,20,24)/p+1. The summed E-state index contributed by atoms with van der Waals surface area (Å²) in [5, 5.41) is 2.97. The van der Waals surface area contributed by atoms with Crippen LogP contribution in [-0.4, -0.2) is 66.6 Å². The molecule has 3 heterocycles. The summed E-state index contributed by atoms with van der Waals surface area (Å²) >= 11 is 0. The van der Waals surface area contributed by atoms with Gasteiger partial charge in [0.15, 0.2) is 0 Å². The van der Waals surface area contributed by atoms with E-state index < -0.39 is 5.54 Å². The van der Waals surface area contributed by atoms with Crippen LogP contribution in [0.15, 0.2) is 24.5 Å². The van der Waals surface area contributed by atoms with Gasteiger partial charge >= 0.3 is 0 Å². The predicted octanol–water partition coefficient (Wildman–Crippen LogP) is -1.01. The van der Waals surface area contributed by atoms with E-state index in [0.717, 1.165) is 38.4 Å². The van der Waals surface area contributed by atoms with Gasteiger partial charge in [0.05, 0.1) is 26.3 Å². The van der Waals surface area contributed by atoms with E-state index in [9.17, 15) is 9.59 Å². The predicted molar refractivity (Wildman–Crippen MR) is 91.8 cm³/mol. The Balaban J connectivity index is 1.58. The van der Waals surface area contributed by atoms with Gasteiger partial charge < -0.3 is 19.9 Å². The zero-order valence-electron chi connectivity index (χ0n) is 14.8. The molecule has 0 aliphatic carbocycles. The number of pyridine rings is 1. The molecule has 1 aromatic heterocycles. The van der Waals surface area contributed by atoms with E-state index in [2.05, 4.69) is 10.3 Å². The van der Waals surface area contributed by atoms with Crippen LogP contribution in [0.2, 0.25) is 0 Å². The molecule has 136 valence electrons. The molecule has 2 N–H and O–H groups in total. The highest BCUT2D eigenvalue weighted by Crippen LogP contribution is 2.29. The van der Waals surface area contributed by atoms with Crippen LogP contribution in [0, 0.1) is 0 Å². The fourth-order valence-corrected chi connectivity index (χ4v) is 3.56. The molecule has 0 radical (unpaired) electrons. The third kappa shape index (κ3) is 4.16. The summed E-state index contributed by atoms with van der Waals surface area (Å²) in [6.07, 6.45) is 4.46. The number of hydrogen-bond acceptors (Lipinski definition) is 4. The van der Waals surface area contributed by atoms with Crippen LogP contribution in [0.3, 0.4) is 0 Å². The molecule has 3 rings (SSSR count). The van der Waals surface area contributed by atoms with Crippen molar-refractivity contribution in [1.82, 2.24) is 15.2 Å².